The minimum Gasteiger partial charge on any atom is -0.362 e. The van der Waals surface area contributed by atoms with Gasteiger partial charge in [-0.1, -0.05) is 78.9 Å². The number of para-hydroxylation sites is 1. The highest BCUT2D eigenvalue weighted by Gasteiger charge is 2.22. The number of anilines is 1. The molecule has 1 heterocycles. The van der Waals surface area contributed by atoms with Crippen LogP contribution in [0, 0.1) is 6.92 Å². The van der Waals surface area contributed by atoms with E-state index in [0.29, 0.717) is 0 Å². The van der Waals surface area contributed by atoms with E-state index in [-0.39, 0.29) is 0 Å². The van der Waals surface area contributed by atoms with Gasteiger partial charge in [-0.25, -0.2) is 0 Å². The Balaban J connectivity index is 1.65. The van der Waals surface area contributed by atoms with E-state index in [1.165, 1.54) is 44.3 Å². The molecule has 1 nitrogen and oxygen atoms in total. The third kappa shape index (κ3) is 2.40. The first-order chi connectivity index (χ1) is 12.8. The van der Waals surface area contributed by atoms with Crippen molar-refractivity contribution in [2.45, 2.75) is 20.0 Å². The number of rotatable bonds is 2. The van der Waals surface area contributed by atoms with Gasteiger partial charge in [-0.15, -0.1) is 0 Å². The Hall–Kier alpha value is -3.06. The quantitative estimate of drug-likeness (QED) is 0.413. The summed E-state index contributed by atoms with van der Waals surface area (Å²) in [5.74, 6) is 0. The fourth-order valence-corrected chi connectivity index (χ4v) is 4.21. The molecule has 0 saturated heterocycles. The molecule has 26 heavy (non-hydrogen) atoms. The maximum absolute atomic E-state index is 2.52. The summed E-state index contributed by atoms with van der Waals surface area (Å²) in [6, 6.07) is 30.7. The molecule has 126 valence electrons. The van der Waals surface area contributed by atoms with Crippen molar-refractivity contribution in [2.24, 2.45) is 0 Å². The van der Waals surface area contributed by atoms with Crippen LogP contribution in [0.4, 0.5) is 5.69 Å². The molecule has 1 aliphatic rings. The van der Waals surface area contributed by atoms with Gasteiger partial charge in [-0.05, 0) is 46.0 Å². The fraction of sp³-hybridized carbons (Fsp3) is 0.120. The van der Waals surface area contributed by atoms with E-state index in [4.69, 9.17) is 0 Å². The third-order valence-corrected chi connectivity index (χ3v) is 5.51. The molecule has 0 aliphatic carbocycles. The number of benzene rings is 4. The number of aryl methyl sites for hydroxylation is 1. The second-order valence-electron chi connectivity index (χ2n) is 7.12. The normalized spacial score (nSPS) is 13.2. The van der Waals surface area contributed by atoms with Crippen LogP contribution in [-0.2, 0) is 13.1 Å². The van der Waals surface area contributed by atoms with Gasteiger partial charge in [-0.3, -0.25) is 0 Å². The lowest BCUT2D eigenvalue weighted by Crippen LogP contribution is -2.27. The van der Waals surface area contributed by atoms with Crippen molar-refractivity contribution in [3.05, 3.63) is 102 Å². The van der Waals surface area contributed by atoms with Crippen LogP contribution in [-0.4, -0.2) is 0 Å². The molecule has 0 radical (unpaired) electrons. The van der Waals surface area contributed by atoms with Gasteiger partial charge >= 0.3 is 0 Å². The Morgan fingerprint density at radius 1 is 0.692 bits per heavy atom. The van der Waals surface area contributed by atoms with Gasteiger partial charge in [0.15, 0.2) is 0 Å². The standard InChI is InChI=1S/C25H21N/c1-18-14-15-20-10-7-11-21-16-26(17-23(18)25(20)21)24-13-6-5-12-22(24)19-8-3-2-4-9-19/h2-15H,16-17H2,1H3. The van der Waals surface area contributed by atoms with Gasteiger partial charge in [0.25, 0.3) is 0 Å². The maximum atomic E-state index is 2.52. The Kier molecular flexibility index (Phi) is 3.53. The molecule has 0 fully saturated rings. The molecule has 0 N–H and O–H groups in total. The minimum atomic E-state index is 0.956. The van der Waals surface area contributed by atoms with Gasteiger partial charge in [0.1, 0.15) is 0 Å². The minimum absolute atomic E-state index is 0.956. The molecule has 5 rings (SSSR count). The average Bonchev–Trinajstić information content (AvgIpc) is 2.71. The summed E-state index contributed by atoms with van der Waals surface area (Å²) < 4.78 is 0. The fourth-order valence-electron chi connectivity index (χ4n) is 4.21. The topological polar surface area (TPSA) is 3.24 Å². The first kappa shape index (κ1) is 15.2. The van der Waals surface area contributed by atoms with Crippen molar-refractivity contribution in [1.29, 1.82) is 0 Å². The first-order valence-corrected chi connectivity index (χ1v) is 9.21. The highest BCUT2D eigenvalue weighted by molar-refractivity contribution is 5.92. The summed E-state index contributed by atoms with van der Waals surface area (Å²) in [6.07, 6.45) is 0. The zero-order valence-electron chi connectivity index (χ0n) is 14.9. The van der Waals surface area contributed by atoms with Crippen LogP contribution >= 0.6 is 0 Å². The van der Waals surface area contributed by atoms with E-state index in [2.05, 4.69) is 96.8 Å². The van der Waals surface area contributed by atoms with E-state index in [1.54, 1.807) is 0 Å². The Bertz CT molecular complexity index is 1100. The van der Waals surface area contributed by atoms with Crippen LogP contribution in [0.2, 0.25) is 0 Å². The summed E-state index contributed by atoms with van der Waals surface area (Å²) in [7, 11) is 0. The summed E-state index contributed by atoms with van der Waals surface area (Å²) in [5.41, 5.74) is 8.16. The molecule has 0 amide bonds. The second-order valence-corrected chi connectivity index (χ2v) is 7.12. The van der Waals surface area contributed by atoms with Gasteiger partial charge in [0.2, 0.25) is 0 Å². The maximum Gasteiger partial charge on any atom is 0.0451 e. The Labute approximate surface area is 154 Å². The molecular formula is C25H21N. The molecule has 0 aromatic heterocycles. The van der Waals surface area contributed by atoms with E-state index in [1.807, 2.05) is 0 Å². The molecule has 0 saturated carbocycles. The molecule has 0 unspecified atom stereocenters. The Morgan fingerprint density at radius 3 is 2.38 bits per heavy atom. The Morgan fingerprint density at radius 2 is 1.50 bits per heavy atom. The third-order valence-electron chi connectivity index (χ3n) is 5.51. The zero-order valence-corrected chi connectivity index (χ0v) is 14.9. The van der Waals surface area contributed by atoms with Crippen LogP contribution in [0.5, 0.6) is 0 Å². The lowest BCUT2D eigenvalue weighted by molar-refractivity contribution is 0.785. The molecule has 4 aromatic carbocycles. The summed E-state index contributed by atoms with van der Waals surface area (Å²) >= 11 is 0. The van der Waals surface area contributed by atoms with Crippen molar-refractivity contribution in [3.63, 3.8) is 0 Å². The predicted molar refractivity (Wildman–Crippen MR) is 110 cm³/mol. The molecule has 0 atom stereocenters. The average molecular weight is 335 g/mol. The number of nitrogens with zero attached hydrogens (tertiary/aromatic N) is 1. The summed E-state index contributed by atoms with van der Waals surface area (Å²) in [4.78, 5) is 2.52. The van der Waals surface area contributed by atoms with Gasteiger partial charge in [0, 0.05) is 24.3 Å². The summed E-state index contributed by atoms with van der Waals surface area (Å²) in [5, 5.41) is 2.82. The van der Waals surface area contributed by atoms with E-state index < -0.39 is 0 Å². The van der Waals surface area contributed by atoms with E-state index in [9.17, 15) is 0 Å². The van der Waals surface area contributed by atoms with Crippen molar-refractivity contribution in [2.75, 3.05) is 4.90 Å². The van der Waals surface area contributed by atoms with Crippen LogP contribution in [0.15, 0.2) is 84.9 Å². The van der Waals surface area contributed by atoms with Gasteiger partial charge < -0.3 is 4.90 Å². The molecule has 1 aliphatic heterocycles. The lowest BCUT2D eigenvalue weighted by Gasteiger charge is -2.33. The number of hydrogen-bond donors (Lipinski definition) is 0. The highest BCUT2D eigenvalue weighted by Crippen LogP contribution is 2.38. The number of hydrogen-bond acceptors (Lipinski definition) is 1. The second kappa shape index (κ2) is 6.03. The van der Waals surface area contributed by atoms with Crippen molar-refractivity contribution in [3.8, 4) is 11.1 Å². The van der Waals surface area contributed by atoms with Crippen molar-refractivity contribution in [1.82, 2.24) is 0 Å². The lowest BCUT2D eigenvalue weighted by atomic mass is 9.91. The monoisotopic (exact) mass is 335 g/mol. The first-order valence-electron chi connectivity index (χ1n) is 9.21. The molecule has 1 heteroatoms. The largest absolute Gasteiger partial charge is 0.362 e. The SMILES string of the molecule is Cc1ccc2cccc3c2c1CN(c1ccccc1-c1ccccc1)C3. The van der Waals surface area contributed by atoms with Crippen LogP contribution in [0.3, 0.4) is 0 Å². The summed E-state index contributed by atoms with van der Waals surface area (Å²) in [6.45, 7) is 4.15. The predicted octanol–water partition coefficient (Wildman–Crippen LogP) is 6.34. The van der Waals surface area contributed by atoms with Crippen molar-refractivity contribution >= 4 is 16.5 Å². The van der Waals surface area contributed by atoms with Crippen molar-refractivity contribution < 1.29 is 0 Å². The molecular weight excluding hydrogens is 314 g/mol. The highest BCUT2D eigenvalue weighted by atomic mass is 15.1. The van der Waals surface area contributed by atoms with E-state index in [0.717, 1.165) is 13.1 Å². The molecule has 4 aromatic rings. The van der Waals surface area contributed by atoms with Gasteiger partial charge in [-0.2, -0.15) is 0 Å². The molecule has 0 spiro atoms. The van der Waals surface area contributed by atoms with Gasteiger partial charge in [0.05, 0.1) is 0 Å². The van der Waals surface area contributed by atoms with Crippen LogP contribution < -0.4 is 4.90 Å². The van der Waals surface area contributed by atoms with E-state index >= 15 is 0 Å². The van der Waals surface area contributed by atoms with Crippen LogP contribution in [0.1, 0.15) is 16.7 Å². The molecule has 0 bridgehead atoms. The van der Waals surface area contributed by atoms with Crippen LogP contribution in [0.25, 0.3) is 21.9 Å². The smallest absolute Gasteiger partial charge is 0.0451 e. The zero-order chi connectivity index (χ0) is 17.5.